The zero-order valence-corrected chi connectivity index (χ0v) is 28.7. The molecule has 13 heteroatoms. The van der Waals surface area contributed by atoms with Crippen LogP contribution in [0, 0.1) is 22.0 Å². The molecule has 0 bridgehead atoms. The van der Waals surface area contributed by atoms with Gasteiger partial charge in [0.1, 0.15) is 12.3 Å². The molecule has 5 atom stereocenters. The number of esters is 1. The van der Waals surface area contributed by atoms with Gasteiger partial charge in [0.15, 0.2) is 8.32 Å². The molecule has 11 nitrogen and oxygen atoms in total. The third kappa shape index (κ3) is 6.72. The molecule has 246 valence electrons. The Morgan fingerprint density at radius 3 is 2.28 bits per heavy atom. The summed E-state index contributed by atoms with van der Waals surface area (Å²) < 4.78 is 26.5. The zero-order valence-electron chi connectivity index (χ0n) is 26.9. The molecule has 3 aliphatic heterocycles. The predicted octanol–water partition coefficient (Wildman–Crippen LogP) is 5.39. The van der Waals surface area contributed by atoms with E-state index >= 15 is 0 Å². The van der Waals surface area contributed by atoms with Crippen LogP contribution < -0.4 is 0 Å². The van der Waals surface area contributed by atoms with Crippen LogP contribution in [0.1, 0.15) is 55.5 Å². The number of β-lactam (4-membered cyclic amide) rings is 1. The van der Waals surface area contributed by atoms with Crippen LogP contribution in [0.3, 0.4) is 0 Å². The molecular formula is C33H41N3O8SSi. The highest BCUT2D eigenvalue weighted by molar-refractivity contribution is 7.89. The third-order valence-electron chi connectivity index (χ3n) is 8.75. The van der Waals surface area contributed by atoms with Gasteiger partial charge in [0.25, 0.3) is 11.6 Å². The standard InChI is InChI=1S/C33H41N3O8SSi/c1-21-28-27(22(2)44-46(3,4)5)32(38)35(28)29(33(39)43-20-23-14-16-24(17-15-23)36(40)41)30(21)45(42)26-13-9-8-12-25(26)31(37)34-18-10-6-7-11-19-34/h8-9,12-17,21-22,27-28H,6-7,10-11,18-20H2,1-5H3/t21?,22?,27?,28-,45?/m1/s1. The van der Waals surface area contributed by atoms with E-state index in [-0.39, 0.29) is 39.6 Å². The summed E-state index contributed by atoms with van der Waals surface area (Å²) in [5, 5.41) is 11.0. The number of nitro groups is 1. The molecule has 2 aromatic carbocycles. The first-order chi connectivity index (χ1) is 21.8. The molecule has 0 saturated carbocycles. The molecule has 2 aromatic rings. The minimum atomic E-state index is -2.01. The number of non-ortho nitro benzene ring substituents is 1. The number of fused-ring (bicyclic) bond motifs is 1. The lowest BCUT2D eigenvalue weighted by Crippen LogP contribution is -2.64. The second-order valence-corrected chi connectivity index (χ2v) is 19.0. The van der Waals surface area contributed by atoms with Crippen LogP contribution in [0.4, 0.5) is 5.69 Å². The number of rotatable bonds is 10. The molecule has 2 saturated heterocycles. The normalized spacial score (nSPS) is 22.9. The fraction of sp³-hybridized carbons (Fsp3) is 0.485. The Bertz CT molecular complexity index is 1580. The van der Waals surface area contributed by atoms with E-state index in [1.165, 1.54) is 29.2 Å². The first-order valence-corrected chi connectivity index (χ1v) is 20.3. The first-order valence-electron chi connectivity index (χ1n) is 15.8. The minimum Gasteiger partial charge on any atom is -0.456 e. The fourth-order valence-electron chi connectivity index (χ4n) is 6.68. The van der Waals surface area contributed by atoms with Crippen molar-refractivity contribution >= 4 is 42.6 Å². The molecule has 0 radical (unpaired) electrons. The first kappa shape index (κ1) is 33.7. The van der Waals surface area contributed by atoms with Gasteiger partial charge < -0.3 is 19.0 Å². The highest BCUT2D eigenvalue weighted by Gasteiger charge is 2.62. The smallest absolute Gasteiger partial charge is 0.356 e. The molecule has 46 heavy (non-hydrogen) atoms. The van der Waals surface area contributed by atoms with E-state index in [0.717, 1.165) is 25.7 Å². The maximum absolute atomic E-state index is 14.6. The van der Waals surface area contributed by atoms with Crippen molar-refractivity contribution < 1.29 is 32.7 Å². The van der Waals surface area contributed by atoms with Crippen LogP contribution in [0.25, 0.3) is 0 Å². The number of nitrogens with zero attached hydrogens (tertiary/aromatic N) is 3. The van der Waals surface area contributed by atoms with Gasteiger partial charge in [0.2, 0.25) is 5.91 Å². The molecule has 3 aliphatic rings. The van der Waals surface area contributed by atoms with Crippen LogP contribution in [-0.4, -0.2) is 70.3 Å². The van der Waals surface area contributed by atoms with Gasteiger partial charge >= 0.3 is 5.97 Å². The monoisotopic (exact) mass is 667 g/mol. The summed E-state index contributed by atoms with van der Waals surface area (Å²) in [5.74, 6) is -2.35. The molecule has 0 aromatic heterocycles. The Kier molecular flexibility index (Phi) is 9.94. The Balaban J connectivity index is 1.50. The number of ether oxygens (including phenoxy) is 1. The van der Waals surface area contributed by atoms with Gasteiger partial charge in [0, 0.05) is 31.1 Å². The highest BCUT2D eigenvalue weighted by Crippen LogP contribution is 2.50. The van der Waals surface area contributed by atoms with Gasteiger partial charge in [-0.25, -0.2) is 9.00 Å². The second kappa shape index (κ2) is 13.6. The molecule has 2 fully saturated rings. The Morgan fingerprint density at radius 1 is 1.04 bits per heavy atom. The number of carbonyl (C=O) groups excluding carboxylic acids is 3. The van der Waals surface area contributed by atoms with Crippen molar-refractivity contribution in [3.05, 3.63) is 80.4 Å². The number of amides is 2. The fourth-order valence-corrected chi connectivity index (χ4v) is 9.57. The number of hydrogen-bond acceptors (Lipinski definition) is 8. The van der Waals surface area contributed by atoms with E-state index in [4.69, 9.17) is 9.16 Å². The summed E-state index contributed by atoms with van der Waals surface area (Å²) in [6.45, 7) is 10.9. The number of hydrogen-bond donors (Lipinski definition) is 0. The van der Waals surface area contributed by atoms with E-state index in [9.17, 15) is 28.7 Å². The Labute approximate surface area is 272 Å². The van der Waals surface area contributed by atoms with Crippen LogP contribution >= 0.6 is 0 Å². The van der Waals surface area contributed by atoms with Gasteiger partial charge in [-0.05, 0) is 69.2 Å². The maximum atomic E-state index is 14.6. The molecule has 3 heterocycles. The predicted molar refractivity (Wildman–Crippen MR) is 174 cm³/mol. The quantitative estimate of drug-likeness (QED) is 0.108. The maximum Gasteiger partial charge on any atom is 0.356 e. The Morgan fingerprint density at radius 2 is 1.67 bits per heavy atom. The van der Waals surface area contributed by atoms with Crippen molar-refractivity contribution in [3.8, 4) is 0 Å². The molecule has 4 unspecified atom stereocenters. The molecule has 0 aliphatic carbocycles. The van der Waals surface area contributed by atoms with E-state index in [1.807, 2.05) is 33.5 Å². The van der Waals surface area contributed by atoms with Crippen molar-refractivity contribution in [1.29, 1.82) is 0 Å². The molecule has 2 amide bonds. The Hall–Kier alpha value is -3.68. The van der Waals surface area contributed by atoms with Crippen molar-refractivity contribution in [2.75, 3.05) is 13.1 Å². The van der Waals surface area contributed by atoms with Crippen molar-refractivity contribution in [2.24, 2.45) is 11.8 Å². The lowest BCUT2D eigenvalue weighted by Gasteiger charge is -2.48. The number of nitro benzene ring substituents is 1. The highest BCUT2D eigenvalue weighted by atomic mass is 32.2. The lowest BCUT2D eigenvalue weighted by atomic mass is 9.79. The van der Waals surface area contributed by atoms with Gasteiger partial charge in [-0.15, -0.1) is 0 Å². The van der Waals surface area contributed by atoms with Crippen LogP contribution in [-0.2, 0) is 36.2 Å². The van der Waals surface area contributed by atoms with Gasteiger partial charge in [-0.1, -0.05) is 31.9 Å². The topological polar surface area (TPSA) is 136 Å². The van der Waals surface area contributed by atoms with Gasteiger partial charge in [-0.2, -0.15) is 0 Å². The molecule has 5 rings (SSSR count). The van der Waals surface area contributed by atoms with E-state index < -0.39 is 54.0 Å². The number of carbonyl (C=O) groups is 3. The van der Waals surface area contributed by atoms with E-state index in [1.54, 1.807) is 29.2 Å². The minimum absolute atomic E-state index is 0.0729. The molecular weight excluding hydrogens is 627 g/mol. The van der Waals surface area contributed by atoms with Crippen molar-refractivity contribution in [1.82, 2.24) is 9.80 Å². The molecule has 0 spiro atoms. The number of likely N-dealkylation sites (tertiary alicyclic amines) is 1. The average molecular weight is 668 g/mol. The second-order valence-electron chi connectivity index (χ2n) is 13.1. The van der Waals surface area contributed by atoms with E-state index in [0.29, 0.717) is 24.2 Å². The largest absolute Gasteiger partial charge is 0.456 e. The molecule has 0 N–H and O–H groups in total. The van der Waals surface area contributed by atoms with Crippen molar-refractivity contribution in [2.45, 2.75) is 82.8 Å². The SMILES string of the molecule is CC(O[Si](C)(C)C)C1C(=O)N2C(C(=O)OCc3ccc([N+](=O)[O-])cc3)=C(S(=O)c3ccccc3C(=O)N3CCCCCC3)C(C)[C@H]12. The summed E-state index contributed by atoms with van der Waals surface area (Å²) in [6, 6.07) is 11.9. The summed E-state index contributed by atoms with van der Waals surface area (Å²) in [7, 11) is -3.98. The van der Waals surface area contributed by atoms with Crippen molar-refractivity contribution in [3.63, 3.8) is 0 Å². The summed E-state index contributed by atoms with van der Waals surface area (Å²) in [5.41, 5.74) is 0.663. The van der Waals surface area contributed by atoms with E-state index in [2.05, 4.69) is 0 Å². The van der Waals surface area contributed by atoms with Crippen LogP contribution in [0.5, 0.6) is 0 Å². The summed E-state index contributed by atoms with van der Waals surface area (Å²) in [6.07, 6.45) is 3.51. The summed E-state index contributed by atoms with van der Waals surface area (Å²) in [4.78, 5) is 55.5. The lowest BCUT2D eigenvalue weighted by molar-refractivity contribution is -0.384. The van der Waals surface area contributed by atoms with Crippen LogP contribution in [0.15, 0.2) is 64.0 Å². The summed E-state index contributed by atoms with van der Waals surface area (Å²) >= 11 is 0. The zero-order chi connectivity index (χ0) is 33.3. The number of benzene rings is 2. The van der Waals surface area contributed by atoms with Gasteiger partial charge in [0.05, 0.1) is 49.2 Å². The average Bonchev–Trinajstić information content (AvgIpc) is 3.14. The van der Waals surface area contributed by atoms with Crippen LogP contribution in [0.2, 0.25) is 19.6 Å². The third-order valence-corrected chi connectivity index (χ3v) is 11.6. The van der Waals surface area contributed by atoms with Gasteiger partial charge in [-0.3, -0.25) is 19.7 Å².